The van der Waals surface area contributed by atoms with Gasteiger partial charge < -0.3 is 16.2 Å². The summed E-state index contributed by atoms with van der Waals surface area (Å²) >= 11 is 0. The van der Waals surface area contributed by atoms with E-state index < -0.39 is 5.54 Å². The van der Waals surface area contributed by atoms with Crippen molar-refractivity contribution in [2.45, 2.75) is 51.2 Å². The van der Waals surface area contributed by atoms with Crippen LogP contribution in [-0.4, -0.2) is 38.2 Å². The van der Waals surface area contributed by atoms with Crippen LogP contribution in [0.5, 0.6) is 0 Å². The molecule has 7 heteroatoms. The minimum Gasteiger partial charge on any atom is -0.394 e. The van der Waals surface area contributed by atoms with E-state index in [1.54, 1.807) is 6.20 Å². The fourth-order valence-electron chi connectivity index (χ4n) is 2.63. The van der Waals surface area contributed by atoms with Crippen molar-refractivity contribution in [1.82, 2.24) is 20.3 Å². The molecular weight excluding hydrogens is 258 g/mol. The summed E-state index contributed by atoms with van der Waals surface area (Å²) in [6, 6.07) is 0. The van der Waals surface area contributed by atoms with Crippen LogP contribution in [0.4, 0.5) is 0 Å². The predicted molar refractivity (Wildman–Crippen MR) is 73.5 cm³/mol. The molecule has 1 aliphatic carbocycles. The van der Waals surface area contributed by atoms with Crippen LogP contribution < -0.4 is 11.1 Å². The Kier molecular flexibility index (Phi) is 4.72. The van der Waals surface area contributed by atoms with Gasteiger partial charge in [0, 0.05) is 6.54 Å². The highest BCUT2D eigenvalue weighted by atomic mass is 16.3. The Morgan fingerprint density at radius 1 is 1.60 bits per heavy atom. The normalized spacial score (nSPS) is 26.4. The van der Waals surface area contributed by atoms with Crippen molar-refractivity contribution in [3.8, 4) is 0 Å². The second-order valence-corrected chi connectivity index (χ2v) is 5.78. The first kappa shape index (κ1) is 14.9. The largest absolute Gasteiger partial charge is 0.394 e. The lowest BCUT2D eigenvalue weighted by atomic mass is 9.77. The molecule has 0 aromatic carbocycles. The van der Waals surface area contributed by atoms with Crippen LogP contribution in [0.3, 0.4) is 0 Å². The van der Waals surface area contributed by atoms with Gasteiger partial charge in [-0.25, -0.2) is 4.68 Å². The van der Waals surface area contributed by atoms with Crippen LogP contribution in [0, 0.1) is 5.92 Å². The number of hydrogen-bond acceptors (Lipinski definition) is 5. The van der Waals surface area contributed by atoms with E-state index in [9.17, 15) is 9.90 Å². The number of aromatic nitrogens is 3. The highest BCUT2D eigenvalue weighted by molar-refractivity contribution is 5.76. The van der Waals surface area contributed by atoms with Gasteiger partial charge in [-0.3, -0.25) is 4.79 Å². The van der Waals surface area contributed by atoms with Crippen LogP contribution in [0.2, 0.25) is 0 Å². The van der Waals surface area contributed by atoms with E-state index in [0.717, 1.165) is 25.7 Å². The Morgan fingerprint density at radius 2 is 2.30 bits per heavy atom. The lowest BCUT2D eigenvalue weighted by Gasteiger charge is -2.38. The van der Waals surface area contributed by atoms with Gasteiger partial charge in [-0.1, -0.05) is 12.1 Å². The monoisotopic (exact) mass is 281 g/mol. The summed E-state index contributed by atoms with van der Waals surface area (Å²) in [7, 11) is 0. The molecule has 0 aliphatic heterocycles. The molecule has 0 atom stereocenters. The average molecular weight is 281 g/mol. The molecule has 2 rings (SSSR count). The molecule has 4 N–H and O–H groups in total. The number of aliphatic hydroxyl groups excluding tert-OH is 1. The predicted octanol–water partition coefficient (Wildman–Crippen LogP) is -0.206. The first-order valence-electron chi connectivity index (χ1n) is 7.08. The number of amides is 1. The number of hydrogen-bond donors (Lipinski definition) is 3. The smallest absolute Gasteiger partial charge is 0.242 e. The van der Waals surface area contributed by atoms with Crippen molar-refractivity contribution in [1.29, 1.82) is 0 Å². The Morgan fingerprint density at radius 3 is 2.85 bits per heavy atom. The second kappa shape index (κ2) is 6.32. The summed E-state index contributed by atoms with van der Waals surface area (Å²) in [5.74, 6) is 0.510. The number of aliphatic hydroxyl groups is 1. The molecule has 1 aliphatic rings. The van der Waals surface area contributed by atoms with Gasteiger partial charge in [0.2, 0.25) is 5.91 Å². The van der Waals surface area contributed by atoms with Gasteiger partial charge in [0.05, 0.1) is 24.0 Å². The molecule has 0 bridgehead atoms. The van der Waals surface area contributed by atoms with Crippen molar-refractivity contribution in [3.63, 3.8) is 0 Å². The van der Waals surface area contributed by atoms with E-state index in [2.05, 4.69) is 22.6 Å². The average Bonchev–Trinajstić information content (AvgIpc) is 2.89. The lowest BCUT2D eigenvalue weighted by Crippen LogP contribution is -2.54. The van der Waals surface area contributed by atoms with E-state index in [4.69, 9.17) is 5.73 Å². The molecule has 0 saturated heterocycles. The topological polar surface area (TPSA) is 106 Å². The van der Waals surface area contributed by atoms with Gasteiger partial charge in [-0.05, 0) is 31.6 Å². The van der Waals surface area contributed by atoms with Crippen LogP contribution in [0.1, 0.15) is 38.3 Å². The highest BCUT2D eigenvalue weighted by Gasteiger charge is 2.34. The van der Waals surface area contributed by atoms with E-state index in [1.165, 1.54) is 4.68 Å². The molecule has 0 radical (unpaired) electrons. The van der Waals surface area contributed by atoms with E-state index in [1.807, 2.05) is 0 Å². The highest BCUT2D eigenvalue weighted by Crippen LogP contribution is 2.31. The standard InChI is InChI=1S/C13H23N5O2/c1-10-2-4-13(9-19,5-3-10)15-12(20)8-18-7-11(6-14)16-17-18/h7,10,19H,2-6,8-9,14H2,1H3,(H,15,20). The Bertz CT molecular complexity index is 451. The van der Waals surface area contributed by atoms with E-state index in [-0.39, 0.29) is 19.1 Å². The maximum Gasteiger partial charge on any atom is 0.242 e. The minimum absolute atomic E-state index is 0.0170. The first-order valence-corrected chi connectivity index (χ1v) is 7.08. The molecular formula is C13H23N5O2. The fraction of sp³-hybridized carbons (Fsp3) is 0.769. The molecule has 7 nitrogen and oxygen atoms in total. The summed E-state index contributed by atoms with van der Waals surface area (Å²) in [6.45, 7) is 2.59. The van der Waals surface area contributed by atoms with Crippen molar-refractivity contribution >= 4 is 5.91 Å². The molecule has 1 fully saturated rings. The maximum atomic E-state index is 12.1. The van der Waals surface area contributed by atoms with E-state index >= 15 is 0 Å². The number of nitrogens with one attached hydrogen (secondary N) is 1. The zero-order valence-electron chi connectivity index (χ0n) is 11.9. The Balaban J connectivity index is 1.92. The van der Waals surface area contributed by atoms with Crippen LogP contribution in [-0.2, 0) is 17.9 Å². The molecule has 1 aromatic rings. The molecule has 1 amide bonds. The number of nitrogens with two attached hydrogens (primary N) is 1. The SMILES string of the molecule is CC1CCC(CO)(NC(=O)Cn2cc(CN)nn2)CC1. The summed E-state index contributed by atoms with van der Waals surface area (Å²) in [6.07, 6.45) is 5.36. The Hall–Kier alpha value is -1.47. The van der Waals surface area contributed by atoms with Gasteiger partial charge in [0.1, 0.15) is 6.54 Å². The van der Waals surface area contributed by atoms with Gasteiger partial charge in [0.25, 0.3) is 0 Å². The third kappa shape index (κ3) is 3.55. The second-order valence-electron chi connectivity index (χ2n) is 5.78. The Labute approximate surface area is 118 Å². The van der Waals surface area contributed by atoms with Crippen molar-refractivity contribution in [3.05, 3.63) is 11.9 Å². The molecule has 1 saturated carbocycles. The molecule has 1 heterocycles. The van der Waals surface area contributed by atoms with Gasteiger partial charge >= 0.3 is 0 Å². The third-order valence-electron chi connectivity index (χ3n) is 4.04. The summed E-state index contributed by atoms with van der Waals surface area (Å²) < 4.78 is 1.47. The van der Waals surface area contributed by atoms with Gasteiger partial charge in [0.15, 0.2) is 0 Å². The lowest BCUT2D eigenvalue weighted by molar-refractivity contribution is -0.125. The van der Waals surface area contributed by atoms with E-state index in [0.29, 0.717) is 18.2 Å². The number of rotatable bonds is 5. The van der Waals surface area contributed by atoms with Crippen LogP contribution >= 0.6 is 0 Å². The molecule has 1 aromatic heterocycles. The summed E-state index contributed by atoms with van der Waals surface area (Å²) in [5.41, 5.74) is 5.63. The number of carbonyl (C=O) groups is 1. The molecule has 0 spiro atoms. The van der Waals surface area contributed by atoms with Crippen molar-refractivity contribution in [2.75, 3.05) is 6.61 Å². The third-order valence-corrected chi connectivity index (χ3v) is 4.04. The van der Waals surface area contributed by atoms with Crippen molar-refractivity contribution < 1.29 is 9.90 Å². The quantitative estimate of drug-likeness (QED) is 0.692. The van der Waals surface area contributed by atoms with Crippen LogP contribution in [0.15, 0.2) is 6.20 Å². The summed E-state index contributed by atoms with van der Waals surface area (Å²) in [4.78, 5) is 12.1. The molecule has 20 heavy (non-hydrogen) atoms. The number of nitrogens with zero attached hydrogens (tertiary/aromatic N) is 3. The molecule has 112 valence electrons. The minimum atomic E-state index is -0.471. The zero-order valence-corrected chi connectivity index (χ0v) is 11.9. The first-order chi connectivity index (χ1) is 9.57. The zero-order chi connectivity index (χ0) is 14.6. The van der Waals surface area contributed by atoms with Crippen molar-refractivity contribution in [2.24, 2.45) is 11.7 Å². The number of carbonyl (C=O) groups excluding carboxylic acids is 1. The molecule has 0 unspecified atom stereocenters. The van der Waals surface area contributed by atoms with Gasteiger partial charge in [-0.15, -0.1) is 5.10 Å². The summed E-state index contributed by atoms with van der Waals surface area (Å²) in [5, 5.41) is 20.3. The van der Waals surface area contributed by atoms with Gasteiger partial charge in [-0.2, -0.15) is 0 Å². The van der Waals surface area contributed by atoms with Crippen LogP contribution in [0.25, 0.3) is 0 Å². The maximum absolute atomic E-state index is 12.1. The fourth-order valence-corrected chi connectivity index (χ4v) is 2.63.